The van der Waals surface area contributed by atoms with Gasteiger partial charge in [-0.15, -0.1) is 0 Å². The van der Waals surface area contributed by atoms with Crippen molar-refractivity contribution in [2.75, 3.05) is 13.1 Å². The van der Waals surface area contributed by atoms with Crippen LogP contribution in [0.15, 0.2) is 53.4 Å². The number of hydrogen-bond acceptors (Lipinski definition) is 4. The van der Waals surface area contributed by atoms with Crippen LogP contribution in [0.3, 0.4) is 0 Å². The molecule has 0 aliphatic carbocycles. The molecular formula is C21H21F5N2O4S. The third-order valence-corrected chi connectivity index (χ3v) is 7.23. The van der Waals surface area contributed by atoms with E-state index in [-0.39, 0.29) is 38.2 Å². The minimum absolute atomic E-state index is 0.0702. The molecule has 3 rings (SSSR count). The number of para-hydroxylation sites is 1. The normalized spacial score (nSPS) is 16.1. The molecule has 12 heteroatoms. The number of nitrogens with one attached hydrogen (secondary N) is 1. The molecule has 1 saturated heterocycles. The SMILES string of the molecule is O=C(NCc1ccccc1OC(F)F)C1CCN(S(=O)(=O)c2ccccc2C(F)(F)F)CC1. The molecule has 0 bridgehead atoms. The van der Waals surface area contributed by atoms with Crippen LogP contribution in [0.25, 0.3) is 0 Å². The van der Waals surface area contributed by atoms with E-state index in [9.17, 15) is 35.2 Å². The number of carbonyl (C=O) groups excluding carboxylic acids is 1. The number of hydrogen-bond donors (Lipinski definition) is 1. The van der Waals surface area contributed by atoms with Gasteiger partial charge in [-0.1, -0.05) is 30.3 Å². The summed E-state index contributed by atoms with van der Waals surface area (Å²) in [4.78, 5) is 11.7. The van der Waals surface area contributed by atoms with Gasteiger partial charge >= 0.3 is 12.8 Å². The van der Waals surface area contributed by atoms with Crippen LogP contribution in [0.2, 0.25) is 0 Å². The summed E-state index contributed by atoms with van der Waals surface area (Å²) in [5.41, 5.74) is -0.899. The molecule has 0 saturated carbocycles. The average molecular weight is 492 g/mol. The van der Waals surface area contributed by atoms with Gasteiger partial charge in [0.2, 0.25) is 15.9 Å². The maximum Gasteiger partial charge on any atom is 0.417 e. The Bertz CT molecular complexity index is 1080. The van der Waals surface area contributed by atoms with Crippen molar-refractivity contribution >= 4 is 15.9 Å². The van der Waals surface area contributed by atoms with Gasteiger partial charge < -0.3 is 10.1 Å². The zero-order valence-electron chi connectivity index (χ0n) is 17.2. The zero-order chi connectivity index (χ0) is 24.2. The van der Waals surface area contributed by atoms with Crippen molar-refractivity contribution in [3.8, 4) is 5.75 Å². The van der Waals surface area contributed by atoms with Gasteiger partial charge in [-0.25, -0.2) is 8.42 Å². The summed E-state index contributed by atoms with van der Waals surface area (Å²) in [5, 5.41) is 2.62. The van der Waals surface area contributed by atoms with Crippen molar-refractivity contribution in [3.05, 3.63) is 59.7 Å². The maximum atomic E-state index is 13.3. The summed E-state index contributed by atoms with van der Waals surface area (Å²) in [6.45, 7) is -3.34. The lowest BCUT2D eigenvalue weighted by atomic mass is 9.97. The third kappa shape index (κ3) is 5.99. The second-order valence-electron chi connectivity index (χ2n) is 7.38. The molecule has 1 fully saturated rings. The smallest absolute Gasteiger partial charge is 0.417 e. The molecule has 33 heavy (non-hydrogen) atoms. The summed E-state index contributed by atoms with van der Waals surface area (Å²) in [6, 6.07) is 9.93. The van der Waals surface area contributed by atoms with E-state index in [1.807, 2.05) is 0 Å². The number of amides is 1. The maximum absolute atomic E-state index is 13.3. The Kier molecular flexibility index (Phi) is 7.58. The van der Waals surface area contributed by atoms with E-state index in [0.29, 0.717) is 11.6 Å². The molecule has 180 valence electrons. The lowest BCUT2D eigenvalue weighted by molar-refractivity contribution is -0.140. The van der Waals surface area contributed by atoms with Crippen LogP contribution < -0.4 is 10.1 Å². The minimum atomic E-state index is -4.83. The second-order valence-corrected chi connectivity index (χ2v) is 9.28. The molecule has 0 unspecified atom stereocenters. The predicted octanol–water partition coefficient (Wildman–Crippen LogP) is 4.02. The first-order chi connectivity index (χ1) is 15.5. The van der Waals surface area contributed by atoms with Crippen LogP contribution >= 0.6 is 0 Å². The molecule has 6 nitrogen and oxygen atoms in total. The fraction of sp³-hybridized carbons (Fsp3) is 0.381. The van der Waals surface area contributed by atoms with Crippen LogP contribution in [0.1, 0.15) is 24.0 Å². The van der Waals surface area contributed by atoms with Crippen molar-refractivity contribution in [2.45, 2.75) is 37.1 Å². The molecule has 0 atom stereocenters. The van der Waals surface area contributed by atoms with Crippen molar-refractivity contribution < 1.29 is 39.9 Å². The first-order valence-electron chi connectivity index (χ1n) is 9.97. The van der Waals surface area contributed by atoms with Gasteiger partial charge in [0.15, 0.2) is 0 Å². The minimum Gasteiger partial charge on any atom is -0.434 e. The fourth-order valence-corrected chi connectivity index (χ4v) is 5.29. The summed E-state index contributed by atoms with van der Waals surface area (Å²) in [6.07, 6.45) is -4.62. The van der Waals surface area contributed by atoms with Crippen LogP contribution in [0.4, 0.5) is 22.0 Å². The van der Waals surface area contributed by atoms with Crippen molar-refractivity contribution in [3.63, 3.8) is 0 Å². The van der Waals surface area contributed by atoms with Crippen molar-refractivity contribution in [2.24, 2.45) is 5.92 Å². The highest BCUT2D eigenvalue weighted by Crippen LogP contribution is 2.36. The molecule has 1 amide bonds. The first kappa shape index (κ1) is 24.9. The Morgan fingerprint density at radius 3 is 2.30 bits per heavy atom. The molecule has 0 aromatic heterocycles. The number of piperidine rings is 1. The van der Waals surface area contributed by atoms with E-state index in [1.165, 1.54) is 24.3 Å². The molecule has 0 spiro atoms. The Morgan fingerprint density at radius 2 is 1.67 bits per heavy atom. The lowest BCUT2D eigenvalue weighted by Crippen LogP contribution is -2.43. The monoisotopic (exact) mass is 492 g/mol. The number of benzene rings is 2. The third-order valence-electron chi connectivity index (χ3n) is 5.28. The quantitative estimate of drug-likeness (QED) is 0.593. The summed E-state index contributed by atoms with van der Waals surface area (Å²) in [7, 11) is -4.40. The number of nitrogens with zero attached hydrogens (tertiary/aromatic N) is 1. The summed E-state index contributed by atoms with van der Waals surface area (Å²) < 4.78 is 95.8. The van der Waals surface area contributed by atoms with Crippen LogP contribution in [0.5, 0.6) is 5.75 Å². The van der Waals surface area contributed by atoms with E-state index in [1.54, 1.807) is 6.07 Å². The molecule has 1 aliphatic rings. The first-order valence-corrected chi connectivity index (χ1v) is 11.4. The van der Waals surface area contributed by atoms with Crippen LogP contribution in [-0.2, 0) is 27.5 Å². The topological polar surface area (TPSA) is 75.7 Å². The van der Waals surface area contributed by atoms with Gasteiger partial charge in [-0.2, -0.15) is 26.3 Å². The largest absolute Gasteiger partial charge is 0.434 e. The number of ether oxygens (including phenoxy) is 1. The highest BCUT2D eigenvalue weighted by atomic mass is 32.2. The molecule has 2 aromatic carbocycles. The van der Waals surface area contributed by atoms with Gasteiger partial charge in [-0.3, -0.25) is 4.79 Å². The number of rotatable bonds is 7. The van der Waals surface area contributed by atoms with Gasteiger partial charge in [0.25, 0.3) is 0 Å². The number of sulfonamides is 1. The Morgan fingerprint density at radius 1 is 1.06 bits per heavy atom. The van der Waals surface area contributed by atoms with E-state index in [0.717, 1.165) is 16.4 Å². The standard InChI is InChI=1S/C21H21F5N2O4S/c22-20(23)32-17-7-3-1-5-15(17)13-27-19(29)14-9-11-28(12-10-14)33(30,31)18-8-4-2-6-16(18)21(24,25)26/h1-8,14,20H,9-13H2,(H,27,29). The van der Waals surface area contributed by atoms with Crippen LogP contribution in [0, 0.1) is 5.92 Å². The van der Waals surface area contributed by atoms with Crippen LogP contribution in [-0.4, -0.2) is 38.3 Å². The second kappa shape index (κ2) is 10.0. The van der Waals surface area contributed by atoms with E-state index >= 15 is 0 Å². The van der Waals surface area contributed by atoms with Crippen molar-refractivity contribution in [1.82, 2.24) is 9.62 Å². The zero-order valence-corrected chi connectivity index (χ0v) is 18.0. The molecule has 1 heterocycles. The Hall–Kier alpha value is -2.73. The van der Waals surface area contributed by atoms with E-state index < -0.39 is 45.1 Å². The van der Waals surface area contributed by atoms with Gasteiger partial charge in [0.05, 0.1) is 10.5 Å². The molecule has 1 N–H and O–H groups in total. The van der Waals surface area contributed by atoms with E-state index in [2.05, 4.69) is 10.1 Å². The lowest BCUT2D eigenvalue weighted by Gasteiger charge is -2.31. The van der Waals surface area contributed by atoms with Gasteiger partial charge in [-0.05, 0) is 31.0 Å². The highest BCUT2D eigenvalue weighted by molar-refractivity contribution is 7.89. The average Bonchev–Trinajstić information content (AvgIpc) is 2.77. The number of halogens is 5. The highest BCUT2D eigenvalue weighted by Gasteiger charge is 2.40. The van der Waals surface area contributed by atoms with Gasteiger partial charge in [0.1, 0.15) is 5.75 Å². The van der Waals surface area contributed by atoms with Crippen molar-refractivity contribution in [1.29, 1.82) is 0 Å². The summed E-state index contributed by atoms with van der Waals surface area (Å²) >= 11 is 0. The summed E-state index contributed by atoms with van der Waals surface area (Å²) in [5.74, 6) is -1.05. The van der Waals surface area contributed by atoms with Gasteiger partial charge in [0, 0.05) is 31.1 Å². The van der Waals surface area contributed by atoms with E-state index in [4.69, 9.17) is 0 Å². The molecule has 0 radical (unpaired) electrons. The number of alkyl halides is 5. The Labute approximate surface area is 187 Å². The Balaban J connectivity index is 1.62. The fourth-order valence-electron chi connectivity index (χ4n) is 3.61. The predicted molar refractivity (Wildman–Crippen MR) is 108 cm³/mol. The molecule has 1 aliphatic heterocycles. The molecule has 2 aromatic rings. The number of carbonyl (C=O) groups is 1. The molecular weight excluding hydrogens is 471 g/mol.